The number of anilines is 1. The van der Waals surface area contributed by atoms with Crippen molar-refractivity contribution in [3.05, 3.63) is 34.3 Å². The van der Waals surface area contributed by atoms with Gasteiger partial charge in [0.1, 0.15) is 0 Å². The molecule has 3 rings (SSSR count). The molecule has 1 atom stereocenters. The van der Waals surface area contributed by atoms with E-state index in [0.29, 0.717) is 0 Å². The zero-order valence-electron chi connectivity index (χ0n) is 14.7. The maximum atomic E-state index is 13.4. The Hall–Kier alpha value is -2.00. The van der Waals surface area contributed by atoms with Gasteiger partial charge in [-0.05, 0) is 56.7 Å². The molecular weight excluding hydrogens is 385 g/mol. The Balaban J connectivity index is 0.00000261. The van der Waals surface area contributed by atoms with Gasteiger partial charge in [0.15, 0.2) is 0 Å². The number of nitrogens with two attached hydrogens (primary N) is 1. The number of nitrogens with one attached hydrogen (secondary N) is 2. The maximum absolute atomic E-state index is 13.4. The predicted octanol–water partition coefficient (Wildman–Crippen LogP) is 3.79. The topological polar surface area (TPSA) is 96.9 Å². The number of benzene rings is 1. The molecular formula is C17H22ClF3N4O2. The first-order chi connectivity index (χ1) is 12.2. The van der Waals surface area contributed by atoms with Crippen molar-refractivity contribution in [3.63, 3.8) is 0 Å². The summed E-state index contributed by atoms with van der Waals surface area (Å²) in [5, 5.41) is 8.77. The fourth-order valence-corrected chi connectivity index (χ4v) is 3.41. The van der Waals surface area contributed by atoms with E-state index < -0.39 is 17.5 Å². The molecule has 1 heterocycles. The molecule has 0 spiro atoms. The molecule has 1 saturated carbocycles. The summed E-state index contributed by atoms with van der Waals surface area (Å²) in [5.74, 6) is -0.563. The van der Waals surface area contributed by atoms with Crippen LogP contribution < -0.4 is 16.8 Å². The first kappa shape index (κ1) is 21.3. The standard InChI is InChI=1S/C17H21F3N4O2.ClH/c1-9(10-2-5-12(21)6-3-10)22-14-8-11(15-23-24-16(25)26-15)4-7-13(14)17(18,19)20;/h4,7-10,12,22H,2-3,5-6,21H2,1H3,(H,24,25);1H/t9-,10?,12?;/m1./s1. The molecule has 2 aromatic rings. The van der Waals surface area contributed by atoms with Gasteiger partial charge in [-0.3, -0.25) is 0 Å². The van der Waals surface area contributed by atoms with Crippen LogP contribution >= 0.6 is 12.4 Å². The number of hydrogen-bond donors (Lipinski definition) is 3. The molecule has 10 heteroatoms. The highest BCUT2D eigenvalue weighted by atomic mass is 35.5. The molecule has 0 amide bonds. The van der Waals surface area contributed by atoms with Gasteiger partial charge >= 0.3 is 11.9 Å². The highest BCUT2D eigenvalue weighted by molar-refractivity contribution is 5.85. The first-order valence-electron chi connectivity index (χ1n) is 8.53. The number of alkyl halides is 3. The van der Waals surface area contributed by atoms with E-state index >= 15 is 0 Å². The van der Waals surface area contributed by atoms with Crippen LogP contribution in [0.25, 0.3) is 11.5 Å². The van der Waals surface area contributed by atoms with Crippen molar-refractivity contribution in [1.82, 2.24) is 10.2 Å². The van der Waals surface area contributed by atoms with Crippen LogP contribution in [0, 0.1) is 5.92 Å². The summed E-state index contributed by atoms with van der Waals surface area (Å²) in [6, 6.07) is 3.54. The van der Waals surface area contributed by atoms with Crippen LogP contribution in [-0.4, -0.2) is 22.3 Å². The SMILES string of the molecule is C[C@@H](Nc1cc(-c2n[nH]c(=O)o2)ccc1C(F)(F)F)C1CCC(N)CC1.Cl. The van der Waals surface area contributed by atoms with Crippen LogP contribution in [0.1, 0.15) is 38.2 Å². The van der Waals surface area contributed by atoms with E-state index in [9.17, 15) is 18.0 Å². The summed E-state index contributed by atoms with van der Waals surface area (Å²) in [6.07, 6.45) is -0.986. The molecule has 0 aliphatic heterocycles. The Morgan fingerprint density at radius 1 is 1.30 bits per heavy atom. The molecule has 0 unspecified atom stereocenters. The second-order valence-electron chi connectivity index (χ2n) is 6.78. The number of halogens is 4. The smallest absolute Gasteiger partial charge is 0.388 e. The number of hydrogen-bond acceptors (Lipinski definition) is 5. The molecule has 1 aliphatic rings. The second-order valence-corrected chi connectivity index (χ2v) is 6.78. The third-order valence-corrected chi connectivity index (χ3v) is 4.92. The van der Waals surface area contributed by atoms with Crippen molar-refractivity contribution in [2.24, 2.45) is 11.7 Å². The van der Waals surface area contributed by atoms with Crippen molar-refractivity contribution in [2.45, 2.75) is 50.9 Å². The van der Waals surface area contributed by atoms with E-state index in [4.69, 9.17) is 10.2 Å². The van der Waals surface area contributed by atoms with Gasteiger partial charge in [0.05, 0.1) is 5.56 Å². The van der Waals surface area contributed by atoms with Crippen LogP contribution in [0.3, 0.4) is 0 Å². The minimum Gasteiger partial charge on any atom is -0.388 e. The quantitative estimate of drug-likeness (QED) is 0.717. The molecule has 150 valence electrons. The monoisotopic (exact) mass is 406 g/mol. The zero-order chi connectivity index (χ0) is 18.9. The highest BCUT2D eigenvalue weighted by Gasteiger charge is 2.35. The van der Waals surface area contributed by atoms with E-state index in [-0.39, 0.29) is 47.6 Å². The van der Waals surface area contributed by atoms with Crippen LogP contribution in [0.4, 0.5) is 18.9 Å². The predicted molar refractivity (Wildman–Crippen MR) is 97.8 cm³/mol. The van der Waals surface area contributed by atoms with Crippen LogP contribution in [0.2, 0.25) is 0 Å². The molecule has 6 nitrogen and oxygen atoms in total. The van der Waals surface area contributed by atoms with Crippen LogP contribution in [0.15, 0.2) is 27.4 Å². The Morgan fingerprint density at radius 2 is 1.96 bits per heavy atom. The molecule has 1 fully saturated rings. The summed E-state index contributed by atoms with van der Waals surface area (Å²) in [7, 11) is 0. The zero-order valence-corrected chi connectivity index (χ0v) is 15.5. The van der Waals surface area contributed by atoms with E-state index in [1.807, 2.05) is 6.92 Å². The number of rotatable bonds is 4. The van der Waals surface area contributed by atoms with Gasteiger partial charge in [0.2, 0.25) is 5.89 Å². The van der Waals surface area contributed by atoms with Gasteiger partial charge in [-0.1, -0.05) is 0 Å². The lowest BCUT2D eigenvalue weighted by atomic mass is 9.82. The fraction of sp³-hybridized carbons (Fsp3) is 0.529. The van der Waals surface area contributed by atoms with Crippen LogP contribution in [0.5, 0.6) is 0 Å². The van der Waals surface area contributed by atoms with Crippen molar-refractivity contribution < 1.29 is 17.6 Å². The molecule has 1 aromatic heterocycles. The first-order valence-corrected chi connectivity index (χ1v) is 8.53. The van der Waals surface area contributed by atoms with E-state index in [2.05, 4.69) is 15.5 Å². The van der Waals surface area contributed by atoms with Gasteiger partial charge < -0.3 is 15.5 Å². The van der Waals surface area contributed by atoms with Gasteiger partial charge in [-0.15, -0.1) is 17.5 Å². The third kappa shape index (κ3) is 5.04. The Kier molecular flexibility index (Phi) is 6.59. The summed E-state index contributed by atoms with van der Waals surface area (Å²) < 4.78 is 45.0. The van der Waals surface area contributed by atoms with Crippen molar-refractivity contribution in [3.8, 4) is 11.5 Å². The molecule has 0 saturated heterocycles. The second kappa shape index (κ2) is 8.35. The lowest BCUT2D eigenvalue weighted by Crippen LogP contribution is -2.34. The van der Waals surface area contributed by atoms with Crippen molar-refractivity contribution in [2.75, 3.05) is 5.32 Å². The largest absolute Gasteiger partial charge is 0.434 e. The molecule has 1 aromatic carbocycles. The van der Waals surface area contributed by atoms with E-state index in [1.54, 1.807) is 0 Å². The third-order valence-electron chi connectivity index (χ3n) is 4.92. The lowest BCUT2D eigenvalue weighted by Gasteiger charge is -2.32. The average molecular weight is 407 g/mol. The molecule has 4 N–H and O–H groups in total. The number of aromatic nitrogens is 2. The summed E-state index contributed by atoms with van der Waals surface area (Å²) in [6.45, 7) is 1.88. The van der Waals surface area contributed by atoms with Gasteiger partial charge in [0.25, 0.3) is 0 Å². The molecule has 27 heavy (non-hydrogen) atoms. The lowest BCUT2D eigenvalue weighted by molar-refractivity contribution is -0.137. The van der Waals surface area contributed by atoms with Crippen LogP contribution in [-0.2, 0) is 6.18 Å². The number of nitrogens with zero attached hydrogens (tertiary/aromatic N) is 1. The fourth-order valence-electron chi connectivity index (χ4n) is 3.41. The normalized spacial score (nSPS) is 21.4. The summed E-state index contributed by atoms with van der Waals surface area (Å²) in [5.41, 5.74) is 5.37. The molecule has 0 radical (unpaired) electrons. The number of aromatic amines is 1. The van der Waals surface area contributed by atoms with Gasteiger partial charge in [-0.2, -0.15) is 13.2 Å². The number of H-pyrrole nitrogens is 1. The molecule has 1 aliphatic carbocycles. The van der Waals surface area contributed by atoms with Crippen molar-refractivity contribution >= 4 is 18.1 Å². The highest BCUT2D eigenvalue weighted by Crippen LogP contribution is 2.38. The Labute approximate surface area is 160 Å². The van der Waals surface area contributed by atoms with Gasteiger partial charge in [-0.25, -0.2) is 9.89 Å². The summed E-state index contributed by atoms with van der Waals surface area (Å²) >= 11 is 0. The summed E-state index contributed by atoms with van der Waals surface area (Å²) in [4.78, 5) is 11.1. The average Bonchev–Trinajstić information content (AvgIpc) is 3.01. The molecule has 0 bridgehead atoms. The van der Waals surface area contributed by atoms with Crippen molar-refractivity contribution in [1.29, 1.82) is 0 Å². The Bertz CT molecular complexity index is 813. The Morgan fingerprint density at radius 3 is 2.52 bits per heavy atom. The minimum atomic E-state index is -4.50. The minimum absolute atomic E-state index is 0. The van der Waals surface area contributed by atoms with E-state index in [1.165, 1.54) is 12.1 Å². The van der Waals surface area contributed by atoms with E-state index in [0.717, 1.165) is 31.7 Å². The maximum Gasteiger partial charge on any atom is 0.434 e. The van der Waals surface area contributed by atoms with Gasteiger partial charge in [0, 0.05) is 23.3 Å².